The number of benzene rings is 1. The maximum absolute atomic E-state index is 5.91. The molecule has 1 aromatic carbocycles. The molecule has 0 saturated carbocycles. The molecule has 2 rings (SSSR count). The Bertz CT molecular complexity index is 535. The van der Waals surface area contributed by atoms with Crippen LogP contribution in [0.3, 0.4) is 0 Å². The highest BCUT2D eigenvalue weighted by molar-refractivity contribution is 5.42. The van der Waals surface area contributed by atoms with Gasteiger partial charge in [0.2, 0.25) is 0 Å². The maximum Gasteiger partial charge on any atom is 0.136 e. The van der Waals surface area contributed by atoms with Gasteiger partial charge in [-0.3, -0.25) is 0 Å². The summed E-state index contributed by atoms with van der Waals surface area (Å²) in [5.41, 5.74) is 11.1. The normalized spacial score (nSPS) is 12.4. The van der Waals surface area contributed by atoms with Crippen LogP contribution in [-0.2, 0) is 0 Å². The van der Waals surface area contributed by atoms with Crippen LogP contribution in [-0.4, -0.2) is 16.5 Å². The molecule has 3 heteroatoms. The average molecular weight is 241 g/mol. The molecular formula is C15H19N3. The summed E-state index contributed by atoms with van der Waals surface area (Å²) in [6, 6.07) is 6.11. The molecule has 0 fully saturated rings. The van der Waals surface area contributed by atoms with Crippen LogP contribution in [0.1, 0.15) is 34.0 Å². The second-order valence-corrected chi connectivity index (χ2v) is 4.62. The molecule has 0 bridgehead atoms. The Morgan fingerprint density at radius 3 is 2.33 bits per heavy atom. The van der Waals surface area contributed by atoms with E-state index < -0.39 is 0 Å². The van der Waals surface area contributed by atoms with Gasteiger partial charge in [0.25, 0.3) is 0 Å². The lowest BCUT2D eigenvalue weighted by Gasteiger charge is -2.18. The third-order valence-corrected chi connectivity index (χ3v) is 3.61. The Morgan fingerprint density at radius 2 is 1.72 bits per heavy atom. The number of hydrogen-bond donors (Lipinski definition) is 1. The molecule has 2 N–H and O–H groups in total. The van der Waals surface area contributed by atoms with Crippen molar-refractivity contribution in [1.29, 1.82) is 0 Å². The third kappa shape index (κ3) is 2.27. The number of nitrogens with zero attached hydrogens (tertiary/aromatic N) is 2. The largest absolute Gasteiger partial charge is 0.329 e. The minimum atomic E-state index is 0.0745. The average Bonchev–Trinajstić information content (AvgIpc) is 2.41. The monoisotopic (exact) mass is 241 g/mol. The molecule has 1 atom stereocenters. The van der Waals surface area contributed by atoms with Crippen LogP contribution in [0.5, 0.6) is 0 Å². The van der Waals surface area contributed by atoms with Gasteiger partial charge >= 0.3 is 0 Å². The van der Waals surface area contributed by atoms with E-state index >= 15 is 0 Å². The molecule has 0 radical (unpaired) electrons. The highest BCUT2D eigenvalue weighted by Gasteiger charge is 2.18. The van der Waals surface area contributed by atoms with Crippen molar-refractivity contribution < 1.29 is 0 Å². The van der Waals surface area contributed by atoms with Gasteiger partial charge in [-0.1, -0.05) is 12.1 Å². The minimum absolute atomic E-state index is 0.0745. The number of aromatic nitrogens is 2. The lowest BCUT2D eigenvalue weighted by Crippen LogP contribution is -2.18. The lowest BCUT2D eigenvalue weighted by atomic mass is 9.89. The first-order valence-corrected chi connectivity index (χ1v) is 6.18. The standard InChI is InChI=1S/C15H19N3/c1-10-5-6-13(12(3)11(10)2)14(9-16)15-17-7-4-8-18-15/h4-8,14H,9,16H2,1-3H3. The Morgan fingerprint density at radius 1 is 1.06 bits per heavy atom. The van der Waals surface area contributed by atoms with Crippen LogP contribution >= 0.6 is 0 Å². The fourth-order valence-electron chi connectivity index (χ4n) is 2.22. The van der Waals surface area contributed by atoms with Crippen molar-refractivity contribution >= 4 is 0 Å². The number of nitrogens with two attached hydrogens (primary N) is 1. The van der Waals surface area contributed by atoms with Crippen molar-refractivity contribution in [2.24, 2.45) is 5.73 Å². The van der Waals surface area contributed by atoms with Crippen LogP contribution < -0.4 is 5.73 Å². The molecule has 94 valence electrons. The third-order valence-electron chi connectivity index (χ3n) is 3.61. The number of rotatable bonds is 3. The summed E-state index contributed by atoms with van der Waals surface area (Å²) in [5, 5.41) is 0. The van der Waals surface area contributed by atoms with Gasteiger partial charge in [-0.05, 0) is 49.1 Å². The van der Waals surface area contributed by atoms with Gasteiger partial charge in [-0.2, -0.15) is 0 Å². The van der Waals surface area contributed by atoms with E-state index in [9.17, 15) is 0 Å². The zero-order valence-electron chi connectivity index (χ0n) is 11.1. The molecule has 2 aromatic rings. The Hall–Kier alpha value is -1.74. The van der Waals surface area contributed by atoms with Crippen LogP contribution in [0.4, 0.5) is 0 Å². The lowest BCUT2D eigenvalue weighted by molar-refractivity contribution is 0.743. The predicted octanol–water partition coefficient (Wildman–Crippen LogP) is 2.49. The van der Waals surface area contributed by atoms with E-state index in [1.54, 1.807) is 12.4 Å². The summed E-state index contributed by atoms with van der Waals surface area (Å²) in [4.78, 5) is 8.66. The summed E-state index contributed by atoms with van der Waals surface area (Å²) >= 11 is 0. The first kappa shape index (κ1) is 12.7. The topological polar surface area (TPSA) is 51.8 Å². The van der Waals surface area contributed by atoms with E-state index in [0.717, 1.165) is 5.82 Å². The first-order chi connectivity index (χ1) is 8.65. The van der Waals surface area contributed by atoms with Crippen molar-refractivity contribution in [1.82, 2.24) is 9.97 Å². The van der Waals surface area contributed by atoms with Gasteiger partial charge in [0.15, 0.2) is 0 Å². The molecule has 3 nitrogen and oxygen atoms in total. The van der Waals surface area contributed by atoms with Crippen molar-refractivity contribution in [2.45, 2.75) is 26.7 Å². The second kappa shape index (κ2) is 5.27. The molecule has 0 spiro atoms. The van der Waals surface area contributed by atoms with E-state index in [0.29, 0.717) is 6.54 Å². The fourth-order valence-corrected chi connectivity index (χ4v) is 2.22. The van der Waals surface area contributed by atoms with E-state index in [-0.39, 0.29) is 5.92 Å². The number of aryl methyl sites for hydroxylation is 1. The van der Waals surface area contributed by atoms with Crippen molar-refractivity contribution in [2.75, 3.05) is 6.54 Å². The molecule has 18 heavy (non-hydrogen) atoms. The summed E-state index contributed by atoms with van der Waals surface area (Å²) in [5.74, 6) is 0.872. The fraction of sp³-hybridized carbons (Fsp3) is 0.333. The molecule has 0 aliphatic rings. The molecular weight excluding hydrogens is 222 g/mol. The molecule has 0 aliphatic heterocycles. The van der Waals surface area contributed by atoms with Gasteiger partial charge in [0, 0.05) is 18.9 Å². The van der Waals surface area contributed by atoms with Crippen molar-refractivity contribution in [3.8, 4) is 0 Å². The van der Waals surface area contributed by atoms with Crippen LogP contribution in [0.2, 0.25) is 0 Å². The highest BCUT2D eigenvalue weighted by atomic mass is 14.9. The van der Waals surface area contributed by atoms with Crippen LogP contribution in [0, 0.1) is 20.8 Å². The quantitative estimate of drug-likeness (QED) is 0.898. The van der Waals surface area contributed by atoms with Gasteiger partial charge in [-0.25, -0.2) is 9.97 Å². The van der Waals surface area contributed by atoms with E-state index in [1.165, 1.54) is 22.3 Å². The van der Waals surface area contributed by atoms with Crippen molar-refractivity contribution in [3.63, 3.8) is 0 Å². The maximum atomic E-state index is 5.91. The molecule has 0 amide bonds. The van der Waals surface area contributed by atoms with Gasteiger partial charge < -0.3 is 5.73 Å². The van der Waals surface area contributed by atoms with Crippen LogP contribution in [0.25, 0.3) is 0 Å². The minimum Gasteiger partial charge on any atom is -0.329 e. The molecule has 1 heterocycles. The Balaban J connectivity index is 2.50. The van der Waals surface area contributed by atoms with E-state index in [1.807, 2.05) is 6.07 Å². The molecule has 1 unspecified atom stereocenters. The molecule has 0 saturated heterocycles. The van der Waals surface area contributed by atoms with Crippen molar-refractivity contribution in [3.05, 3.63) is 58.7 Å². The van der Waals surface area contributed by atoms with Crippen LogP contribution in [0.15, 0.2) is 30.6 Å². The Kier molecular flexibility index (Phi) is 3.72. The second-order valence-electron chi connectivity index (χ2n) is 4.62. The molecule has 0 aliphatic carbocycles. The first-order valence-electron chi connectivity index (χ1n) is 6.18. The summed E-state index contributed by atoms with van der Waals surface area (Å²) in [6.45, 7) is 6.94. The van der Waals surface area contributed by atoms with Gasteiger partial charge in [0.1, 0.15) is 5.82 Å². The highest BCUT2D eigenvalue weighted by Crippen LogP contribution is 2.27. The smallest absolute Gasteiger partial charge is 0.136 e. The molecule has 1 aromatic heterocycles. The Labute approximate surface area is 108 Å². The van der Waals surface area contributed by atoms with Gasteiger partial charge in [-0.15, -0.1) is 0 Å². The SMILES string of the molecule is Cc1ccc(C(CN)c2ncccn2)c(C)c1C. The van der Waals surface area contributed by atoms with Gasteiger partial charge in [0.05, 0.1) is 5.92 Å². The summed E-state index contributed by atoms with van der Waals surface area (Å²) in [6.07, 6.45) is 3.53. The number of hydrogen-bond acceptors (Lipinski definition) is 3. The zero-order chi connectivity index (χ0) is 13.1. The van der Waals surface area contributed by atoms with E-state index in [2.05, 4.69) is 42.9 Å². The van der Waals surface area contributed by atoms with E-state index in [4.69, 9.17) is 5.73 Å². The summed E-state index contributed by atoms with van der Waals surface area (Å²) in [7, 11) is 0. The zero-order valence-corrected chi connectivity index (χ0v) is 11.1. The predicted molar refractivity (Wildman–Crippen MR) is 73.6 cm³/mol. The summed E-state index contributed by atoms with van der Waals surface area (Å²) < 4.78 is 0.